The zero-order valence-electron chi connectivity index (χ0n) is 19.6. The number of amides is 1. The van der Waals surface area contributed by atoms with Gasteiger partial charge in [0.15, 0.2) is 5.78 Å². The molecule has 0 aromatic heterocycles. The third-order valence-electron chi connectivity index (χ3n) is 6.06. The molecule has 1 atom stereocenters. The van der Waals surface area contributed by atoms with Crippen LogP contribution < -0.4 is 9.03 Å². The van der Waals surface area contributed by atoms with Gasteiger partial charge in [0.05, 0.1) is 17.4 Å². The molecule has 0 saturated carbocycles. The number of aryl methyl sites for hydroxylation is 2. The Bertz CT molecular complexity index is 1370. The molecule has 7 nitrogen and oxygen atoms in total. The smallest absolute Gasteiger partial charge is 0.324 e. The quantitative estimate of drug-likeness (QED) is 0.586. The van der Waals surface area contributed by atoms with Crippen LogP contribution in [0.1, 0.15) is 49.9 Å². The summed E-state index contributed by atoms with van der Waals surface area (Å²) in [5.74, 6) is -0.288. The predicted molar refractivity (Wildman–Crippen MR) is 134 cm³/mol. The number of nitrogens with one attached hydrogen (secondary N) is 1. The summed E-state index contributed by atoms with van der Waals surface area (Å²) >= 11 is 0. The second kappa shape index (κ2) is 8.95. The first-order valence-corrected chi connectivity index (χ1v) is 12.4. The van der Waals surface area contributed by atoms with E-state index in [-0.39, 0.29) is 18.1 Å². The number of Topliss-reactive ketones (excluding diaryl/α,β-unsaturated/α-hetero) is 1. The fraction of sp³-hybridized carbons (Fsp3) is 0.231. The van der Waals surface area contributed by atoms with E-state index in [0.717, 1.165) is 11.1 Å². The minimum atomic E-state index is -4.08. The minimum Gasteiger partial charge on any atom is -0.345 e. The molecule has 1 N–H and O–H groups in total. The van der Waals surface area contributed by atoms with Gasteiger partial charge in [-0.15, -0.1) is 0 Å². The molecule has 1 aliphatic rings. The van der Waals surface area contributed by atoms with E-state index in [2.05, 4.69) is 4.72 Å². The Morgan fingerprint density at radius 3 is 2.29 bits per heavy atom. The fourth-order valence-corrected chi connectivity index (χ4v) is 5.57. The van der Waals surface area contributed by atoms with E-state index < -0.39 is 16.3 Å². The minimum absolute atomic E-state index is 0.00811. The van der Waals surface area contributed by atoms with Crippen molar-refractivity contribution < 1.29 is 18.0 Å². The van der Waals surface area contributed by atoms with Crippen molar-refractivity contribution >= 4 is 33.3 Å². The van der Waals surface area contributed by atoms with Crippen molar-refractivity contribution in [3.8, 4) is 0 Å². The maximum atomic E-state index is 13.7. The summed E-state index contributed by atoms with van der Waals surface area (Å²) in [4.78, 5) is 26.7. The number of nitrogens with zero attached hydrogens (tertiary/aromatic N) is 2. The summed E-state index contributed by atoms with van der Waals surface area (Å²) in [5, 5.41) is 0. The molecule has 0 bridgehead atoms. The molecular formula is C26H27N3O4S. The van der Waals surface area contributed by atoms with E-state index in [0.29, 0.717) is 28.1 Å². The zero-order chi connectivity index (χ0) is 24.6. The highest BCUT2D eigenvalue weighted by atomic mass is 32.2. The molecule has 0 radical (unpaired) electrons. The Labute approximate surface area is 200 Å². The van der Waals surface area contributed by atoms with E-state index >= 15 is 0 Å². The third kappa shape index (κ3) is 4.41. The van der Waals surface area contributed by atoms with Gasteiger partial charge in [-0.25, -0.2) is 4.31 Å². The Morgan fingerprint density at radius 2 is 1.65 bits per heavy atom. The summed E-state index contributed by atoms with van der Waals surface area (Å²) < 4.78 is 31.4. The van der Waals surface area contributed by atoms with Crippen molar-refractivity contribution in [1.29, 1.82) is 0 Å². The number of carbonyl (C=O) groups is 2. The molecular weight excluding hydrogens is 450 g/mol. The maximum Gasteiger partial charge on any atom is 0.324 e. The predicted octanol–water partition coefficient (Wildman–Crippen LogP) is 4.50. The second-order valence-electron chi connectivity index (χ2n) is 8.68. The van der Waals surface area contributed by atoms with Crippen molar-refractivity contribution in [3.05, 3.63) is 94.5 Å². The first-order chi connectivity index (χ1) is 16.1. The largest absolute Gasteiger partial charge is 0.345 e. The first-order valence-electron chi connectivity index (χ1n) is 10.9. The van der Waals surface area contributed by atoms with Gasteiger partial charge >= 0.3 is 10.2 Å². The molecule has 34 heavy (non-hydrogen) atoms. The van der Waals surface area contributed by atoms with Crippen LogP contribution in [0.5, 0.6) is 0 Å². The lowest BCUT2D eigenvalue weighted by Crippen LogP contribution is -2.43. The highest BCUT2D eigenvalue weighted by molar-refractivity contribution is 7.94. The average molecular weight is 478 g/mol. The number of para-hydroxylation sites is 1. The second-order valence-corrected chi connectivity index (χ2v) is 10.2. The summed E-state index contributed by atoms with van der Waals surface area (Å²) in [6.45, 7) is 3.88. The lowest BCUT2D eigenvalue weighted by atomic mass is 9.92. The van der Waals surface area contributed by atoms with Crippen LogP contribution in [0.15, 0.2) is 66.7 Å². The molecule has 1 heterocycles. The lowest BCUT2D eigenvalue weighted by Gasteiger charge is -2.37. The van der Waals surface area contributed by atoms with Crippen LogP contribution >= 0.6 is 0 Å². The first kappa shape index (κ1) is 23.5. The zero-order valence-corrected chi connectivity index (χ0v) is 20.4. The molecule has 1 unspecified atom stereocenters. The van der Waals surface area contributed by atoms with Gasteiger partial charge < -0.3 is 4.90 Å². The summed E-state index contributed by atoms with van der Waals surface area (Å²) in [5.41, 5.74) is 4.28. The number of ketones is 1. The Kier molecular flexibility index (Phi) is 6.18. The molecule has 0 saturated heterocycles. The third-order valence-corrected chi connectivity index (χ3v) is 7.53. The SMILES string of the molecule is Cc1ccc(NS(=O)(=O)N2c3ccccc3C(=O)CC2c2ccc(C(=O)N(C)C)cc2)cc1C. The van der Waals surface area contributed by atoms with Gasteiger partial charge in [-0.1, -0.05) is 30.3 Å². The van der Waals surface area contributed by atoms with Crippen LogP contribution in [0.4, 0.5) is 11.4 Å². The molecule has 8 heteroatoms. The van der Waals surface area contributed by atoms with Gasteiger partial charge in [0.25, 0.3) is 5.91 Å². The van der Waals surface area contributed by atoms with Crippen LogP contribution in [-0.2, 0) is 10.2 Å². The molecule has 1 amide bonds. The van der Waals surface area contributed by atoms with Crippen molar-refractivity contribution in [2.75, 3.05) is 23.1 Å². The van der Waals surface area contributed by atoms with Gasteiger partial charge in [0, 0.05) is 31.6 Å². The monoisotopic (exact) mass is 477 g/mol. The van der Waals surface area contributed by atoms with E-state index in [9.17, 15) is 18.0 Å². The summed E-state index contributed by atoms with van der Waals surface area (Å²) in [7, 11) is -0.751. The number of hydrogen-bond donors (Lipinski definition) is 1. The molecule has 0 fully saturated rings. The molecule has 176 valence electrons. The summed E-state index contributed by atoms with van der Waals surface area (Å²) in [6, 6.07) is 18.1. The van der Waals surface area contributed by atoms with Crippen molar-refractivity contribution in [2.45, 2.75) is 26.3 Å². The van der Waals surface area contributed by atoms with E-state index in [1.165, 1.54) is 9.21 Å². The van der Waals surface area contributed by atoms with E-state index in [1.807, 2.05) is 19.9 Å². The molecule has 4 rings (SSSR count). The molecule has 0 spiro atoms. The van der Waals surface area contributed by atoms with Gasteiger partial charge in [0.1, 0.15) is 0 Å². The van der Waals surface area contributed by atoms with Crippen LogP contribution in [0, 0.1) is 13.8 Å². The van der Waals surface area contributed by atoms with Crippen LogP contribution in [-0.4, -0.2) is 39.1 Å². The van der Waals surface area contributed by atoms with Crippen LogP contribution in [0.2, 0.25) is 0 Å². The normalized spacial score (nSPS) is 15.6. The van der Waals surface area contributed by atoms with E-state index in [1.54, 1.807) is 74.8 Å². The fourth-order valence-electron chi connectivity index (χ4n) is 4.10. The number of carbonyl (C=O) groups excluding carboxylic acids is 2. The molecule has 3 aromatic rings. The maximum absolute atomic E-state index is 13.7. The van der Waals surface area contributed by atoms with Gasteiger partial charge in [-0.3, -0.25) is 14.3 Å². The molecule has 0 aliphatic carbocycles. The molecule has 1 aliphatic heterocycles. The van der Waals surface area contributed by atoms with Crippen molar-refractivity contribution in [3.63, 3.8) is 0 Å². The highest BCUT2D eigenvalue weighted by Gasteiger charge is 2.39. The summed E-state index contributed by atoms with van der Waals surface area (Å²) in [6.07, 6.45) is -0.00811. The number of rotatable bonds is 5. The van der Waals surface area contributed by atoms with Gasteiger partial charge in [-0.2, -0.15) is 8.42 Å². The standard InChI is InChI=1S/C26H27N3O4S/c1-17-9-14-21(15-18(17)2)27-34(32,33)29-23-8-6-5-7-22(23)25(30)16-24(29)19-10-12-20(13-11-19)26(31)28(3)4/h5-15,24,27H,16H2,1-4H3. The van der Waals surface area contributed by atoms with Crippen LogP contribution in [0.3, 0.4) is 0 Å². The van der Waals surface area contributed by atoms with Gasteiger partial charge in [0.2, 0.25) is 0 Å². The Hall–Kier alpha value is -3.65. The Morgan fingerprint density at radius 1 is 0.971 bits per heavy atom. The molecule has 3 aromatic carbocycles. The highest BCUT2D eigenvalue weighted by Crippen LogP contribution is 2.41. The van der Waals surface area contributed by atoms with E-state index in [4.69, 9.17) is 0 Å². The number of anilines is 2. The topological polar surface area (TPSA) is 86.8 Å². The number of benzene rings is 3. The van der Waals surface area contributed by atoms with Crippen molar-refractivity contribution in [2.24, 2.45) is 0 Å². The van der Waals surface area contributed by atoms with Crippen molar-refractivity contribution in [1.82, 2.24) is 4.90 Å². The average Bonchev–Trinajstić information content (AvgIpc) is 2.80. The van der Waals surface area contributed by atoms with Crippen LogP contribution in [0.25, 0.3) is 0 Å². The number of hydrogen-bond acceptors (Lipinski definition) is 4. The lowest BCUT2D eigenvalue weighted by molar-refractivity contribution is 0.0827. The Balaban J connectivity index is 1.78. The van der Waals surface area contributed by atoms with Gasteiger partial charge in [-0.05, 0) is 66.9 Å². The number of fused-ring (bicyclic) bond motifs is 1.